The average molecular weight is 378 g/mol. The van der Waals surface area contributed by atoms with Gasteiger partial charge in [0.1, 0.15) is 11.3 Å². The third kappa shape index (κ3) is 2.37. The van der Waals surface area contributed by atoms with Gasteiger partial charge in [0.2, 0.25) is 5.91 Å². The van der Waals surface area contributed by atoms with Gasteiger partial charge in [0.15, 0.2) is 0 Å². The molecule has 1 unspecified atom stereocenters. The molecule has 144 valence electrons. The third-order valence-corrected chi connectivity index (χ3v) is 6.57. The number of hydrogen-bond donors (Lipinski definition) is 1. The van der Waals surface area contributed by atoms with Gasteiger partial charge in [-0.05, 0) is 49.4 Å². The Morgan fingerprint density at radius 2 is 2.04 bits per heavy atom. The fourth-order valence-electron chi connectivity index (χ4n) is 4.70. The zero-order valence-electron chi connectivity index (χ0n) is 15.8. The molecule has 3 aliphatic rings. The van der Waals surface area contributed by atoms with Crippen LogP contribution in [0.5, 0.6) is 0 Å². The third-order valence-electron chi connectivity index (χ3n) is 6.57. The van der Waals surface area contributed by atoms with Crippen LogP contribution in [0.1, 0.15) is 58.8 Å². The summed E-state index contributed by atoms with van der Waals surface area (Å²) in [7, 11) is 0. The van der Waals surface area contributed by atoms with Crippen molar-refractivity contribution in [2.45, 2.75) is 43.9 Å². The van der Waals surface area contributed by atoms with E-state index in [0.29, 0.717) is 30.2 Å². The van der Waals surface area contributed by atoms with Crippen molar-refractivity contribution in [3.63, 3.8) is 0 Å². The maximum absolute atomic E-state index is 13.1. The highest BCUT2D eigenvalue weighted by Crippen LogP contribution is 2.44. The number of anilines is 1. The zero-order valence-corrected chi connectivity index (χ0v) is 15.8. The Hall–Kier alpha value is -2.89. The number of aryl methyl sites for hydroxylation is 1. The minimum Gasteiger partial charge on any atom is -0.427 e. The first-order valence-electron chi connectivity index (χ1n) is 9.84. The lowest BCUT2D eigenvalue weighted by atomic mass is 9.81. The molecule has 2 aliphatic heterocycles. The van der Waals surface area contributed by atoms with E-state index in [1.807, 2.05) is 30.3 Å². The van der Waals surface area contributed by atoms with Crippen molar-refractivity contribution in [2.24, 2.45) is 0 Å². The van der Waals surface area contributed by atoms with E-state index in [0.717, 1.165) is 30.5 Å². The summed E-state index contributed by atoms with van der Waals surface area (Å²) in [5.41, 5.74) is 1.18. The molecule has 1 aromatic heterocycles. The summed E-state index contributed by atoms with van der Waals surface area (Å²) >= 11 is 0. The van der Waals surface area contributed by atoms with Gasteiger partial charge in [-0.3, -0.25) is 9.59 Å². The van der Waals surface area contributed by atoms with Crippen molar-refractivity contribution in [1.29, 1.82) is 0 Å². The van der Waals surface area contributed by atoms with Crippen LogP contribution < -0.4 is 10.9 Å². The summed E-state index contributed by atoms with van der Waals surface area (Å²) in [6.45, 7) is 2.50. The predicted octanol–water partition coefficient (Wildman–Crippen LogP) is 2.95. The SMILES string of the molecule is Cc1cc(C2CCC2)oc(=O)c1C(=O)N1CCC2(C1)C(=O)Nc1ccccc12. The van der Waals surface area contributed by atoms with E-state index in [1.165, 1.54) is 0 Å². The number of likely N-dealkylation sites (tertiary alicyclic amines) is 1. The molecule has 1 aromatic carbocycles. The number of rotatable bonds is 2. The molecule has 2 fully saturated rings. The van der Waals surface area contributed by atoms with Crippen LogP contribution in [0, 0.1) is 6.92 Å². The molecule has 1 saturated heterocycles. The standard InChI is InChI=1S/C22H22N2O4/c1-13-11-17(14-5-4-6-14)28-20(26)18(13)19(25)24-10-9-22(12-24)15-7-2-3-8-16(15)23-21(22)27/h2-3,7-8,11,14H,4-6,9-10,12H2,1H3,(H,23,27). The topological polar surface area (TPSA) is 79.6 Å². The summed E-state index contributed by atoms with van der Waals surface area (Å²) in [4.78, 5) is 40.1. The molecule has 6 heteroatoms. The van der Waals surface area contributed by atoms with Gasteiger partial charge in [-0.15, -0.1) is 0 Å². The van der Waals surface area contributed by atoms with Gasteiger partial charge in [-0.1, -0.05) is 24.6 Å². The fraction of sp³-hybridized carbons (Fsp3) is 0.409. The molecule has 1 aliphatic carbocycles. The molecule has 0 radical (unpaired) electrons. The minimum atomic E-state index is -0.730. The lowest BCUT2D eigenvalue weighted by Crippen LogP contribution is -2.40. The normalized spacial score (nSPS) is 23.6. The lowest BCUT2D eigenvalue weighted by Gasteiger charge is -2.25. The summed E-state index contributed by atoms with van der Waals surface area (Å²) in [5, 5.41) is 2.93. The van der Waals surface area contributed by atoms with Crippen LogP contribution in [0.2, 0.25) is 0 Å². The maximum Gasteiger partial charge on any atom is 0.349 e. The van der Waals surface area contributed by atoms with Crippen LogP contribution in [-0.4, -0.2) is 29.8 Å². The van der Waals surface area contributed by atoms with Crippen LogP contribution in [0.25, 0.3) is 0 Å². The van der Waals surface area contributed by atoms with E-state index in [-0.39, 0.29) is 23.9 Å². The van der Waals surface area contributed by atoms with E-state index in [2.05, 4.69) is 5.32 Å². The van der Waals surface area contributed by atoms with Gasteiger partial charge in [0.05, 0.1) is 5.41 Å². The van der Waals surface area contributed by atoms with Gasteiger partial charge in [0.25, 0.3) is 5.91 Å². The van der Waals surface area contributed by atoms with Crippen LogP contribution in [0.4, 0.5) is 5.69 Å². The number of carbonyl (C=O) groups is 2. The van der Waals surface area contributed by atoms with E-state index in [9.17, 15) is 14.4 Å². The number of fused-ring (bicyclic) bond motifs is 2. The summed E-state index contributed by atoms with van der Waals surface area (Å²) in [5.74, 6) is 0.560. The second-order valence-electron chi connectivity index (χ2n) is 8.18. The monoisotopic (exact) mass is 378 g/mol. The number of para-hydroxylation sites is 1. The van der Waals surface area contributed by atoms with Crippen LogP contribution >= 0.6 is 0 Å². The molecular weight excluding hydrogens is 356 g/mol. The van der Waals surface area contributed by atoms with Gasteiger partial charge < -0.3 is 14.6 Å². The smallest absolute Gasteiger partial charge is 0.349 e. The quantitative estimate of drug-likeness (QED) is 0.871. The molecule has 28 heavy (non-hydrogen) atoms. The molecule has 6 nitrogen and oxygen atoms in total. The zero-order chi connectivity index (χ0) is 19.5. The van der Waals surface area contributed by atoms with Crippen molar-refractivity contribution < 1.29 is 14.0 Å². The van der Waals surface area contributed by atoms with E-state index < -0.39 is 11.0 Å². The van der Waals surface area contributed by atoms with Gasteiger partial charge in [-0.25, -0.2) is 4.79 Å². The number of nitrogens with one attached hydrogen (secondary N) is 1. The molecule has 0 bridgehead atoms. The van der Waals surface area contributed by atoms with Crippen molar-refractivity contribution in [1.82, 2.24) is 4.90 Å². The molecule has 1 N–H and O–H groups in total. The Labute approximate surface area is 162 Å². The van der Waals surface area contributed by atoms with Crippen molar-refractivity contribution in [3.05, 3.63) is 63.2 Å². The first-order valence-corrected chi connectivity index (χ1v) is 9.84. The van der Waals surface area contributed by atoms with E-state index >= 15 is 0 Å². The molecule has 1 spiro atoms. The molecule has 1 atom stereocenters. The number of nitrogens with zero attached hydrogens (tertiary/aromatic N) is 1. The van der Waals surface area contributed by atoms with Crippen LogP contribution in [0.3, 0.4) is 0 Å². The van der Waals surface area contributed by atoms with Gasteiger partial charge in [0, 0.05) is 24.7 Å². The van der Waals surface area contributed by atoms with Gasteiger partial charge >= 0.3 is 5.63 Å². The Balaban J connectivity index is 1.45. The molecule has 1 saturated carbocycles. The first kappa shape index (κ1) is 17.2. The Morgan fingerprint density at radius 3 is 2.75 bits per heavy atom. The lowest BCUT2D eigenvalue weighted by molar-refractivity contribution is -0.120. The molecule has 3 heterocycles. The Bertz CT molecular complexity index is 1050. The van der Waals surface area contributed by atoms with Crippen molar-refractivity contribution >= 4 is 17.5 Å². The molecule has 2 amide bonds. The summed E-state index contributed by atoms with van der Waals surface area (Å²) in [6.07, 6.45) is 3.75. The first-order chi connectivity index (χ1) is 13.5. The van der Waals surface area contributed by atoms with Crippen molar-refractivity contribution in [2.75, 3.05) is 18.4 Å². The second-order valence-corrected chi connectivity index (χ2v) is 8.18. The minimum absolute atomic E-state index is 0.0758. The highest BCUT2D eigenvalue weighted by atomic mass is 16.4. The largest absolute Gasteiger partial charge is 0.427 e. The Morgan fingerprint density at radius 1 is 1.25 bits per heavy atom. The molecule has 5 rings (SSSR count). The number of amides is 2. The molecular formula is C22H22N2O4. The highest BCUT2D eigenvalue weighted by Gasteiger charge is 2.52. The van der Waals surface area contributed by atoms with Crippen LogP contribution in [-0.2, 0) is 10.2 Å². The van der Waals surface area contributed by atoms with E-state index in [1.54, 1.807) is 11.8 Å². The van der Waals surface area contributed by atoms with Gasteiger partial charge in [-0.2, -0.15) is 0 Å². The number of hydrogen-bond acceptors (Lipinski definition) is 4. The Kier molecular flexibility index (Phi) is 3.73. The van der Waals surface area contributed by atoms with Crippen LogP contribution in [0.15, 0.2) is 39.5 Å². The maximum atomic E-state index is 13.1. The summed E-state index contributed by atoms with van der Waals surface area (Å²) in [6, 6.07) is 9.44. The number of carbonyl (C=O) groups excluding carboxylic acids is 2. The average Bonchev–Trinajstić information content (AvgIpc) is 3.17. The summed E-state index contributed by atoms with van der Waals surface area (Å²) < 4.78 is 5.49. The second kappa shape index (κ2) is 6.06. The van der Waals surface area contributed by atoms with Crippen molar-refractivity contribution in [3.8, 4) is 0 Å². The fourth-order valence-corrected chi connectivity index (χ4v) is 4.70. The van der Waals surface area contributed by atoms with E-state index in [4.69, 9.17) is 4.42 Å². The number of benzene rings is 1. The molecule has 2 aromatic rings. The highest BCUT2D eigenvalue weighted by molar-refractivity contribution is 6.07. The predicted molar refractivity (Wildman–Crippen MR) is 104 cm³/mol.